The number of carbonyl (C=O) groups excluding carboxylic acids is 1. The third-order valence-electron chi connectivity index (χ3n) is 7.42. The van der Waals surface area contributed by atoms with Gasteiger partial charge in [-0.3, -0.25) is 4.79 Å². The highest BCUT2D eigenvalue weighted by Crippen LogP contribution is 2.60. The van der Waals surface area contributed by atoms with Crippen molar-refractivity contribution in [2.24, 2.45) is 29.1 Å². The molecule has 142 valence electrons. The number of ether oxygens (including phenoxy) is 1. The maximum Gasteiger partial charge on any atom is 0.312 e. The van der Waals surface area contributed by atoms with Crippen molar-refractivity contribution in [1.82, 2.24) is 0 Å². The van der Waals surface area contributed by atoms with Crippen LogP contribution in [0.2, 0.25) is 0 Å². The van der Waals surface area contributed by atoms with Crippen molar-refractivity contribution in [3.63, 3.8) is 0 Å². The van der Waals surface area contributed by atoms with E-state index in [0.717, 1.165) is 6.42 Å². The molecule has 2 saturated carbocycles. The van der Waals surface area contributed by atoms with Crippen LogP contribution in [0.3, 0.4) is 0 Å². The van der Waals surface area contributed by atoms with Gasteiger partial charge in [-0.2, -0.15) is 0 Å². The van der Waals surface area contributed by atoms with Crippen molar-refractivity contribution in [2.45, 2.75) is 84.3 Å². The van der Waals surface area contributed by atoms with Crippen LogP contribution in [-0.2, 0) is 9.53 Å². The smallest absolute Gasteiger partial charge is 0.312 e. The van der Waals surface area contributed by atoms with E-state index in [9.17, 15) is 9.90 Å². The van der Waals surface area contributed by atoms with Gasteiger partial charge in [0.1, 0.15) is 6.10 Å². The van der Waals surface area contributed by atoms with Gasteiger partial charge in [0.2, 0.25) is 0 Å². The molecule has 0 aromatic heterocycles. The molecule has 1 heterocycles. The lowest BCUT2D eigenvalue weighted by Crippen LogP contribution is -2.36. The zero-order chi connectivity index (χ0) is 18.4. The molecule has 6 atom stereocenters. The number of halogens is 1. The third-order valence-corrected chi connectivity index (χ3v) is 8.01. The van der Waals surface area contributed by atoms with Crippen molar-refractivity contribution in [3.8, 4) is 0 Å². The Morgan fingerprint density at radius 1 is 1.44 bits per heavy atom. The van der Waals surface area contributed by atoms with Crippen LogP contribution in [0, 0.1) is 29.1 Å². The summed E-state index contributed by atoms with van der Waals surface area (Å²) in [6.45, 7) is 8.25. The molecule has 1 aliphatic heterocycles. The Morgan fingerprint density at radius 3 is 2.76 bits per heavy atom. The molecule has 3 unspecified atom stereocenters. The molecule has 0 amide bonds. The van der Waals surface area contributed by atoms with Crippen molar-refractivity contribution >= 4 is 21.9 Å². The zero-order valence-corrected chi connectivity index (χ0v) is 17.6. The molecule has 0 radical (unpaired) electrons. The highest BCUT2D eigenvalue weighted by Gasteiger charge is 2.51. The SMILES string of the molecule is C[C@H](CC1CC(C(C)(C)O)C(=O)O1)[C@H]1CCC2C(=CBr)CCC[C@@]21C. The van der Waals surface area contributed by atoms with Gasteiger partial charge in [-0.05, 0) is 80.5 Å². The Bertz CT molecular complexity index is 550. The standard InChI is InChI=1S/C21H33BrO3/c1-13(10-15-11-18(19(23)25-15)20(2,3)24)16-7-8-17-14(12-22)6-5-9-21(16,17)4/h12-13,15-18,24H,5-11H2,1-4H3/t13-,15?,16-,17?,18?,21-/m1/s1. The average Bonchev–Trinajstić information content (AvgIpc) is 3.06. The van der Waals surface area contributed by atoms with Crippen molar-refractivity contribution in [1.29, 1.82) is 0 Å². The minimum Gasteiger partial charge on any atom is -0.462 e. The second kappa shape index (κ2) is 6.99. The van der Waals surface area contributed by atoms with Gasteiger partial charge in [-0.25, -0.2) is 0 Å². The summed E-state index contributed by atoms with van der Waals surface area (Å²) in [5.41, 5.74) is 0.992. The van der Waals surface area contributed by atoms with Crippen LogP contribution in [0.15, 0.2) is 10.6 Å². The van der Waals surface area contributed by atoms with Crippen LogP contribution in [-0.4, -0.2) is 22.8 Å². The van der Waals surface area contributed by atoms with E-state index in [1.165, 1.54) is 32.1 Å². The second-order valence-corrected chi connectivity index (χ2v) is 9.95. The monoisotopic (exact) mass is 412 g/mol. The lowest BCUT2D eigenvalue weighted by molar-refractivity contribution is -0.149. The molecule has 25 heavy (non-hydrogen) atoms. The summed E-state index contributed by atoms with van der Waals surface area (Å²) >= 11 is 3.59. The first-order chi connectivity index (χ1) is 11.7. The zero-order valence-electron chi connectivity index (χ0n) is 16.1. The Kier molecular flexibility index (Phi) is 5.43. The molecule has 3 rings (SSSR count). The molecule has 3 nitrogen and oxygen atoms in total. The van der Waals surface area contributed by atoms with E-state index in [-0.39, 0.29) is 18.0 Å². The molecule has 3 aliphatic rings. The predicted octanol–water partition coefficient (Wildman–Crippen LogP) is 5.21. The summed E-state index contributed by atoms with van der Waals surface area (Å²) in [6, 6.07) is 0. The van der Waals surface area contributed by atoms with Gasteiger partial charge in [0.05, 0.1) is 11.5 Å². The third kappa shape index (κ3) is 3.58. The largest absolute Gasteiger partial charge is 0.462 e. The molecule has 2 aliphatic carbocycles. The number of fused-ring (bicyclic) bond motifs is 1. The fourth-order valence-corrected chi connectivity index (χ4v) is 6.65. The average molecular weight is 413 g/mol. The van der Waals surface area contributed by atoms with Crippen LogP contribution in [0.5, 0.6) is 0 Å². The first-order valence-corrected chi connectivity index (χ1v) is 10.8. The molecule has 3 fully saturated rings. The van der Waals surface area contributed by atoms with Gasteiger partial charge in [-0.15, -0.1) is 0 Å². The van der Waals surface area contributed by atoms with Crippen LogP contribution < -0.4 is 0 Å². The fraction of sp³-hybridized carbons (Fsp3) is 0.857. The van der Waals surface area contributed by atoms with Gasteiger partial charge in [0.15, 0.2) is 0 Å². The van der Waals surface area contributed by atoms with Crippen molar-refractivity contribution < 1.29 is 14.6 Å². The summed E-state index contributed by atoms with van der Waals surface area (Å²) in [7, 11) is 0. The number of aliphatic hydroxyl groups is 1. The van der Waals surface area contributed by atoms with Gasteiger partial charge < -0.3 is 9.84 Å². The summed E-state index contributed by atoms with van der Waals surface area (Å²) in [4.78, 5) is 14.3. The highest BCUT2D eigenvalue weighted by molar-refractivity contribution is 9.11. The molecular formula is C21H33BrO3. The lowest BCUT2D eigenvalue weighted by atomic mass is 9.61. The van der Waals surface area contributed by atoms with Gasteiger partial charge in [-0.1, -0.05) is 35.4 Å². The highest BCUT2D eigenvalue weighted by atomic mass is 79.9. The molecular weight excluding hydrogens is 380 g/mol. The number of allylic oxidation sites excluding steroid dienone is 1. The van der Waals surface area contributed by atoms with Gasteiger partial charge in [0.25, 0.3) is 0 Å². The summed E-state index contributed by atoms with van der Waals surface area (Å²) in [5.74, 6) is 1.35. The maximum absolute atomic E-state index is 12.1. The summed E-state index contributed by atoms with van der Waals surface area (Å²) in [5, 5.41) is 10.2. The van der Waals surface area contributed by atoms with Crippen LogP contribution >= 0.6 is 15.9 Å². The van der Waals surface area contributed by atoms with Crippen LogP contribution in [0.1, 0.15) is 72.6 Å². The minimum atomic E-state index is -0.988. The molecule has 0 aromatic rings. The predicted molar refractivity (Wildman–Crippen MR) is 103 cm³/mol. The molecule has 0 spiro atoms. The number of rotatable bonds is 4. The molecule has 1 saturated heterocycles. The summed E-state index contributed by atoms with van der Waals surface area (Å²) in [6.07, 6.45) is 7.96. The van der Waals surface area contributed by atoms with E-state index in [1.807, 2.05) is 0 Å². The number of esters is 1. The van der Waals surface area contributed by atoms with E-state index in [0.29, 0.717) is 29.6 Å². The maximum atomic E-state index is 12.1. The molecule has 0 bridgehead atoms. The topological polar surface area (TPSA) is 46.5 Å². The van der Waals surface area contributed by atoms with Crippen LogP contribution in [0.4, 0.5) is 0 Å². The molecule has 4 heteroatoms. The number of cyclic esters (lactones) is 1. The van der Waals surface area contributed by atoms with E-state index >= 15 is 0 Å². The fourth-order valence-electron chi connectivity index (χ4n) is 6.10. The summed E-state index contributed by atoms with van der Waals surface area (Å²) < 4.78 is 5.62. The van der Waals surface area contributed by atoms with Gasteiger partial charge in [0, 0.05) is 6.42 Å². The normalized spacial score (nSPS) is 41.7. The van der Waals surface area contributed by atoms with E-state index in [1.54, 1.807) is 19.4 Å². The Hall–Kier alpha value is -0.350. The van der Waals surface area contributed by atoms with E-state index in [4.69, 9.17) is 4.74 Å². The quantitative estimate of drug-likeness (QED) is 0.644. The number of carbonyl (C=O) groups is 1. The van der Waals surface area contributed by atoms with Crippen molar-refractivity contribution in [3.05, 3.63) is 10.6 Å². The molecule has 0 aromatic carbocycles. The van der Waals surface area contributed by atoms with E-state index in [2.05, 4.69) is 34.8 Å². The van der Waals surface area contributed by atoms with Gasteiger partial charge >= 0.3 is 5.97 Å². The molecule has 1 N–H and O–H groups in total. The number of hydrogen-bond donors (Lipinski definition) is 1. The Labute approximate surface area is 160 Å². The van der Waals surface area contributed by atoms with E-state index < -0.39 is 5.60 Å². The minimum absolute atomic E-state index is 0.0312. The first-order valence-electron chi connectivity index (χ1n) is 9.89. The Balaban J connectivity index is 1.66. The number of hydrogen-bond acceptors (Lipinski definition) is 3. The second-order valence-electron chi connectivity index (χ2n) is 9.49. The Morgan fingerprint density at radius 2 is 2.16 bits per heavy atom. The lowest BCUT2D eigenvalue weighted by Gasteiger charge is -2.44. The van der Waals surface area contributed by atoms with Crippen molar-refractivity contribution in [2.75, 3.05) is 0 Å². The van der Waals surface area contributed by atoms with Crippen LogP contribution in [0.25, 0.3) is 0 Å². The first kappa shape index (κ1) is 19.4.